The van der Waals surface area contributed by atoms with Gasteiger partial charge in [-0.05, 0) is 18.2 Å². The molecule has 0 aliphatic rings. The summed E-state index contributed by atoms with van der Waals surface area (Å²) in [5.74, 6) is 0.296. The van der Waals surface area contributed by atoms with E-state index in [-0.39, 0.29) is 11.2 Å². The molecule has 0 saturated carbocycles. The lowest BCUT2D eigenvalue weighted by Crippen LogP contribution is -2.20. The summed E-state index contributed by atoms with van der Waals surface area (Å²) in [4.78, 5) is 26.7. The van der Waals surface area contributed by atoms with E-state index < -0.39 is 10.5 Å². The summed E-state index contributed by atoms with van der Waals surface area (Å²) >= 11 is 0. The molecule has 0 atom stereocenters. The lowest BCUT2D eigenvalue weighted by Gasteiger charge is -2.06. The number of hydrogen-bond acceptors (Lipinski definition) is 7. The van der Waals surface area contributed by atoms with E-state index in [0.717, 1.165) is 0 Å². The fraction of sp³-hybridized carbons (Fsp3) is 0. The molecule has 112 valence electrons. The first-order chi connectivity index (χ1) is 11.1. The molecule has 0 aliphatic carbocycles. The zero-order valence-corrected chi connectivity index (χ0v) is 11.4. The van der Waals surface area contributed by atoms with Crippen molar-refractivity contribution in [3.63, 3.8) is 0 Å². The molecule has 23 heavy (non-hydrogen) atoms. The van der Waals surface area contributed by atoms with Gasteiger partial charge >= 0.3 is 0 Å². The van der Waals surface area contributed by atoms with Crippen LogP contribution in [-0.2, 0) is 0 Å². The van der Waals surface area contributed by atoms with Gasteiger partial charge in [0.2, 0.25) is 0 Å². The first kappa shape index (κ1) is 13.0. The van der Waals surface area contributed by atoms with Crippen LogP contribution in [-0.4, -0.2) is 34.3 Å². The van der Waals surface area contributed by atoms with Crippen LogP contribution >= 0.6 is 0 Å². The van der Waals surface area contributed by atoms with Crippen molar-refractivity contribution < 1.29 is 4.92 Å². The zero-order chi connectivity index (χ0) is 16.0. The Bertz CT molecular complexity index is 1110. The van der Waals surface area contributed by atoms with E-state index in [4.69, 9.17) is 0 Å². The molecule has 3 aromatic heterocycles. The highest BCUT2D eigenvalue weighted by molar-refractivity contribution is 5.74. The fourth-order valence-electron chi connectivity index (χ4n) is 2.29. The van der Waals surface area contributed by atoms with Gasteiger partial charge in [0.15, 0.2) is 5.52 Å². The number of aromatic nitrogens is 6. The lowest BCUT2D eigenvalue weighted by molar-refractivity contribution is -0.384. The van der Waals surface area contributed by atoms with Crippen LogP contribution in [0.15, 0.2) is 47.7 Å². The van der Waals surface area contributed by atoms with Gasteiger partial charge in [-0.2, -0.15) is 14.6 Å². The van der Waals surface area contributed by atoms with Gasteiger partial charge in [-0.15, -0.1) is 10.2 Å². The predicted molar refractivity (Wildman–Crippen MR) is 78.3 cm³/mol. The topological polar surface area (TPSA) is 121 Å². The van der Waals surface area contributed by atoms with Crippen molar-refractivity contribution in [2.45, 2.75) is 0 Å². The minimum Gasteiger partial charge on any atom is -0.282 e. The average molecular weight is 309 g/mol. The molecule has 0 bridgehead atoms. The maximum absolute atomic E-state index is 12.6. The second-order valence-electron chi connectivity index (χ2n) is 4.67. The largest absolute Gasteiger partial charge is 0.285 e. The van der Waals surface area contributed by atoms with Gasteiger partial charge in [0.1, 0.15) is 11.8 Å². The molecule has 3 heterocycles. The van der Waals surface area contributed by atoms with Crippen molar-refractivity contribution in [1.82, 2.24) is 29.4 Å². The van der Waals surface area contributed by atoms with Crippen molar-refractivity contribution in [3.05, 3.63) is 63.3 Å². The molecule has 0 N–H and O–H groups in total. The minimum absolute atomic E-state index is 0.0493. The van der Waals surface area contributed by atoms with Gasteiger partial charge in [-0.1, -0.05) is 0 Å². The van der Waals surface area contributed by atoms with Gasteiger partial charge < -0.3 is 0 Å². The third-order valence-electron chi connectivity index (χ3n) is 3.38. The standard InChI is InChI=1S/C13H7N7O3/c21-12-11-10(19-13(17-16-11)14-7-15-19)5-6-18(12)8-1-3-9(4-2-8)20(22)23/h1-7H. The number of non-ortho nitro benzene ring substituents is 1. The molecule has 0 unspecified atom stereocenters. The highest BCUT2D eigenvalue weighted by Gasteiger charge is 2.12. The number of benzene rings is 1. The Labute approximate surface area is 126 Å². The van der Waals surface area contributed by atoms with Crippen LogP contribution in [0, 0.1) is 10.1 Å². The van der Waals surface area contributed by atoms with E-state index in [9.17, 15) is 14.9 Å². The lowest BCUT2D eigenvalue weighted by atomic mass is 10.2. The van der Waals surface area contributed by atoms with E-state index >= 15 is 0 Å². The molecular formula is C13H7N7O3. The van der Waals surface area contributed by atoms with Crippen LogP contribution < -0.4 is 5.56 Å². The smallest absolute Gasteiger partial charge is 0.282 e. The van der Waals surface area contributed by atoms with Gasteiger partial charge in [-0.3, -0.25) is 19.5 Å². The van der Waals surface area contributed by atoms with Gasteiger partial charge in [-0.25, -0.2) is 0 Å². The minimum atomic E-state index is -0.500. The van der Waals surface area contributed by atoms with E-state index in [1.165, 1.54) is 39.7 Å². The summed E-state index contributed by atoms with van der Waals surface area (Å²) in [6.07, 6.45) is 2.87. The summed E-state index contributed by atoms with van der Waals surface area (Å²) in [6.45, 7) is 0. The summed E-state index contributed by atoms with van der Waals surface area (Å²) in [5, 5.41) is 22.4. The fourth-order valence-corrected chi connectivity index (χ4v) is 2.29. The molecule has 0 radical (unpaired) electrons. The van der Waals surface area contributed by atoms with E-state index in [1.807, 2.05) is 0 Å². The van der Waals surface area contributed by atoms with Gasteiger partial charge in [0.05, 0.1) is 4.92 Å². The predicted octanol–water partition coefficient (Wildman–Crippen LogP) is 0.732. The number of nitro benzene ring substituents is 1. The number of nitro groups is 1. The SMILES string of the molecule is O=c1c2nnc3ncnn3c2ccn1-c1ccc([N+](=O)[O-])cc1. The summed E-state index contributed by atoms with van der Waals surface area (Å²) in [5.41, 5.74) is 0.649. The second-order valence-corrected chi connectivity index (χ2v) is 4.67. The quantitative estimate of drug-likeness (QED) is 0.395. The molecular weight excluding hydrogens is 302 g/mol. The summed E-state index contributed by atoms with van der Waals surface area (Å²) in [7, 11) is 0. The molecule has 4 aromatic rings. The first-order valence-corrected chi connectivity index (χ1v) is 6.48. The summed E-state index contributed by atoms with van der Waals surface area (Å²) < 4.78 is 2.76. The van der Waals surface area contributed by atoms with Crippen LogP contribution in [0.2, 0.25) is 0 Å². The van der Waals surface area contributed by atoms with Crippen LogP contribution in [0.25, 0.3) is 22.5 Å². The van der Waals surface area contributed by atoms with Crippen LogP contribution in [0.1, 0.15) is 0 Å². The Balaban J connectivity index is 1.94. The third kappa shape index (κ3) is 1.92. The third-order valence-corrected chi connectivity index (χ3v) is 3.38. The Kier molecular flexibility index (Phi) is 2.64. The highest BCUT2D eigenvalue weighted by atomic mass is 16.6. The maximum atomic E-state index is 12.6. The van der Waals surface area contributed by atoms with Crippen molar-refractivity contribution in [1.29, 1.82) is 0 Å². The van der Waals surface area contributed by atoms with Crippen molar-refractivity contribution in [3.8, 4) is 5.69 Å². The van der Waals surface area contributed by atoms with Crippen LogP contribution in [0.3, 0.4) is 0 Å². The molecule has 0 fully saturated rings. The zero-order valence-electron chi connectivity index (χ0n) is 11.4. The van der Waals surface area contributed by atoms with Crippen molar-refractivity contribution >= 4 is 22.5 Å². The molecule has 0 spiro atoms. The molecule has 10 nitrogen and oxygen atoms in total. The van der Waals surface area contributed by atoms with E-state index in [2.05, 4.69) is 20.3 Å². The van der Waals surface area contributed by atoms with E-state index in [1.54, 1.807) is 12.3 Å². The number of hydrogen-bond donors (Lipinski definition) is 0. The summed E-state index contributed by atoms with van der Waals surface area (Å²) in [6, 6.07) is 7.31. The second kappa shape index (κ2) is 4.66. The molecule has 1 aromatic carbocycles. The molecule has 0 amide bonds. The van der Waals surface area contributed by atoms with Crippen molar-refractivity contribution in [2.75, 3.05) is 0 Å². The monoisotopic (exact) mass is 309 g/mol. The first-order valence-electron chi connectivity index (χ1n) is 6.48. The number of fused-ring (bicyclic) bond motifs is 3. The molecule has 0 saturated heterocycles. The Morgan fingerprint density at radius 1 is 1.09 bits per heavy atom. The number of rotatable bonds is 2. The Hall–Kier alpha value is -3.69. The maximum Gasteiger partial charge on any atom is 0.285 e. The molecule has 10 heteroatoms. The van der Waals surface area contributed by atoms with Gasteiger partial charge in [0.25, 0.3) is 17.0 Å². The highest BCUT2D eigenvalue weighted by Crippen LogP contribution is 2.15. The van der Waals surface area contributed by atoms with Crippen LogP contribution in [0.5, 0.6) is 0 Å². The Morgan fingerprint density at radius 2 is 1.87 bits per heavy atom. The number of pyridine rings is 1. The average Bonchev–Trinajstić information content (AvgIpc) is 3.04. The van der Waals surface area contributed by atoms with Crippen LogP contribution in [0.4, 0.5) is 5.69 Å². The number of nitrogens with zero attached hydrogens (tertiary/aromatic N) is 7. The van der Waals surface area contributed by atoms with Crippen molar-refractivity contribution in [2.24, 2.45) is 0 Å². The normalized spacial score (nSPS) is 11.1. The molecule has 4 rings (SSSR count). The van der Waals surface area contributed by atoms with Gasteiger partial charge in [0, 0.05) is 24.0 Å². The Morgan fingerprint density at radius 3 is 2.61 bits per heavy atom. The molecule has 0 aliphatic heterocycles. The van der Waals surface area contributed by atoms with E-state index in [0.29, 0.717) is 17.0 Å².